The summed E-state index contributed by atoms with van der Waals surface area (Å²) in [5, 5.41) is 1.99. The molecule has 0 fully saturated rings. The van der Waals surface area contributed by atoms with Crippen LogP contribution in [-0.4, -0.2) is 9.97 Å². The Morgan fingerprint density at radius 3 is 2.60 bits per heavy atom. The summed E-state index contributed by atoms with van der Waals surface area (Å²) in [6.07, 6.45) is 1.85. The Balaban J connectivity index is 1.95. The average Bonchev–Trinajstić information content (AvgIpc) is 2.99. The molecule has 4 aromatic rings. The molecular weight excluding hydrogens is 308 g/mol. The SMILES string of the molecule is [2H]C(C)(C)c1ccc2c(n1)oc1c(-c3cc(C(C)C)ccn3)cccc12. The maximum atomic E-state index is 8.21. The van der Waals surface area contributed by atoms with Crippen LogP contribution < -0.4 is 0 Å². The Kier molecular flexibility index (Phi) is 3.51. The van der Waals surface area contributed by atoms with E-state index in [1.807, 2.05) is 50.4 Å². The summed E-state index contributed by atoms with van der Waals surface area (Å²) in [4.78, 5) is 9.15. The summed E-state index contributed by atoms with van der Waals surface area (Å²) in [7, 11) is 0. The highest BCUT2D eigenvalue weighted by molar-refractivity contribution is 6.08. The van der Waals surface area contributed by atoms with Crippen LogP contribution in [0.15, 0.2) is 53.1 Å². The highest BCUT2D eigenvalue weighted by Gasteiger charge is 2.15. The number of para-hydroxylation sites is 1. The molecule has 0 atom stereocenters. The molecule has 0 unspecified atom stereocenters. The fourth-order valence-corrected chi connectivity index (χ4v) is 3.11. The zero-order valence-corrected chi connectivity index (χ0v) is 15.0. The van der Waals surface area contributed by atoms with Crippen LogP contribution in [0.3, 0.4) is 0 Å². The average molecular weight is 331 g/mol. The molecule has 1 aromatic carbocycles. The Morgan fingerprint density at radius 1 is 1.00 bits per heavy atom. The number of benzene rings is 1. The van der Waals surface area contributed by atoms with E-state index in [-0.39, 0.29) is 0 Å². The molecule has 0 N–H and O–H groups in total. The second-order valence-corrected chi connectivity index (χ2v) is 6.96. The number of furan rings is 1. The van der Waals surface area contributed by atoms with Crippen molar-refractivity contribution in [2.75, 3.05) is 0 Å². The molecule has 25 heavy (non-hydrogen) atoms. The van der Waals surface area contributed by atoms with E-state index in [2.05, 4.69) is 35.9 Å². The van der Waals surface area contributed by atoms with Gasteiger partial charge in [-0.05, 0) is 47.7 Å². The van der Waals surface area contributed by atoms with Gasteiger partial charge in [0.1, 0.15) is 5.58 Å². The van der Waals surface area contributed by atoms with Gasteiger partial charge in [-0.25, -0.2) is 4.98 Å². The minimum Gasteiger partial charge on any atom is -0.437 e. The first kappa shape index (κ1) is 14.6. The highest BCUT2D eigenvalue weighted by Crippen LogP contribution is 2.35. The van der Waals surface area contributed by atoms with Crippen molar-refractivity contribution in [3.8, 4) is 11.3 Å². The van der Waals surface area contributed by atoms with Gasteiger partial charge in [0.15, 0.2) is 0 Å². The Bertz CT molecular complexity index is 1110. The van der Waals surface area contributed by atoms with Crippen LogP contribution in [0.5, 0.6) is 0 Å². The molecule has 0 spiro atoms. The number of aromatic nitrogens is 2. The number of hydrogen-bond donors (Lipinski definition) is 0. The van der Waals surface area contributed by atoms with E-state index in [1.54, 1.807) is 0 Å². The molecule has 4 rings (SSSR count). The van der Waals surface area contributed by atoms with Crippen molar-refractivity contribution < 1.29 is 5.79 Å². The first-order chi connectivity index (χ1) is 12.3. The van der Waals surface area contributed by atoms with E-state index in [9.17, 15) is 0 Å². The number of nitrogens with zero attached hydrogens (tertiary/aromatic N) is 2. The van der Waals surface area contributed by atoms with Crippen molar-refractivity contribution in [3.63, 3.8) is 0 Å². The van der Waals surface area contributed by atoms with Gasteiger partial charge in [0.25, 0.3) is 0 Å². The Hall–Kier alpha value is -2.68. The minimum atomic E-state index is -0.761. The molecule has 0 aliphatic rings. The smallest absolute Gasteiger partial charge is 0.227 e. The van der Waals surface area contributed by atoms with E-state index in [0.717, 1.165) is 27.6 Å². The number of pyridine rings is 2. The summed E-state index contributed by atoms with van der Waals surface area (Å²) in [5.41, 5.74) is 5.19. The number of rotatable bonds is 3. The fourth-order valence-electron chi connectivity index (χ4n) is 3.11. The zero-order valence-electron chi connectivity index (χ0n) is 16.0. The molecule has 126 valence electrons. The molecule has 0 bridgehead atoms. The van der Waals surface area contributed by atoms with Gasteiger partial charge in [0.2, 0.25) is 5.71 Å². The monoisotopic (exact) mass is 331 g/mol. The van der Waals surface area contributed by atoms with Gasteiger partial charge in [-0.3, -0.25) is 4.98 Å². The number of hydrogen-bond acceptors (Lipinski definition) is 3. The van der Waals surface area contributed by atoms with E-state index in [0.29, 0.717) is 17.3 Å². The van der Waals surface area contributed by atoms with E-state index < -0.39 is 5.89 Å². The van der Waals surface area contributed by atoms with Crippen LogP contribution in [0.4, 0.5) is 0 Å². The lowest BCUT2D eigenvalue weighted by atomic mass is 10.0. The second kappa shape index (κ2) is 5.99. The molecule has 3 nitrogen and oxygen atoms in total. The molecule has 3 heterocycles. The Morgan fingerprint density at radius 2 is 1.84 bits per heavy atom. The molecule has 0 amide bonds. The molecule has 0 saturated carbocycles. The third-order valence-electron chi connectivity index (χ3n) is 4.60. The summed E-state index contributed by atoms with van der Waals surface area (Å²) >= 11 is 0. The predicted molar refractivity (Wildman–Crippen MR) is 103 cm³/mol. The van der Waals surface area contributed by atoms with Crippen LogP contribution in [0.25, 0.3) is 33.3 Å². The maximum Gasteiger partial charge on any atom is 0.227 e. The van der Waals surface area contributed by atoms with E-state index in [4.69, 9.17) is 5.79 Å². The van der Waals surface area contributed by atoms with Crippen LogP contribution >= 0.6 is 0 Å². The zero-order chi connectivity index (χ0) is 18.5. The van der Waals surface area contributed by atoms with Crippen molar-refractivity contribution in [2.45, 2.75) is 39.5 Å². The van der Waals surface area contributed by atoms with Crippen molar-refractivity contribution in [1.29, 1.82) is 0 Å². The van der Waals surface area contributed by atoms with Gasteiger partial charge in [-0.1, -0.05) is 39.8 Å². The molecule has 0 aliphatic heterocycles. The first-order valence-electron chi connectivity index (χ1n) is 9.13. The second-order valence-electron chi connectivity index (χ2n) is 6.96. The minimum absolute atomic E-state index is 0.440. The van der Waals surface area contributed by atoms with E-state index >= 15 is 0 Å². The van der Waals surface area contributed by atoms with Crippen LogP contribution in [0.1, 0.15) is 52.1 Å². The van der Waals surface area contributed by atoms with Crippen molar-refractivity contribution in [2.24, 2.45) is 0 Å². The van der Waals surface area contributed by atoms with Gasteiger partial charge >= 0.3 is 0 Å². The summed E-state index contributed by atoms with van der Waals surface area (Å²) < 4.78 is 14.3. The first-order valence-corrected chi connectivity index (χ1v) is 8.63. The lowest BCUT2D eigenvalue weighted by Crippen LogP contribution is -1.90. The molecule has 3 heteroatoms. The van der Waals surface area contributed by atoms with Crippen molar-refractivity contribution in [1.82, 2.24) is 9.97 Å². The standard InChI is InChI=1S/C22H22N2O/c1-13(2)15-10-11-23-20(12-15)18-7-5-6-16-17-8-9-19(14(3)4)24-22(17)25-21(16)18/h5-14H,1-4H3/i14D. The van der Waals surface area contributed by atoms with Crippen molar-refractivity contribution >= 4 is 22.1 Å². The predicted octanol–water partition coefficient (Wildman–Crippen LogP) is 6.29. The molecule has 0 saturated heterocycles. The van der Waals surface area contributed by atoms with Crippen LogP contribution in [0.2, 0.25) is 0 Å². The summed E-state index contributed by atoms with van der Waals surface area (Å²) in [6.45, 7) is 8.01. The fraction of sp³-hybridized carbons (Fsp3) is 0.273. The quantitative estimate of drug-likeness (QED) is 0.443. The summed E-state index contributed by atoms with van der Waals surface area (Å²) in [6, 6.07) is 14.2. The topological polar surface area (TPSA) is 38.9 Å². The molecule has 3 aromatic heterocycles. The molecule has 0 radical (unpaired) electrons. The highest BCUT2D eigenvalue weighted by atomic mass is 16.3. The third-order valence-corrected chi connectivity index (χ3v) is 4.60. The van der Waals surface area contributed by atoms with Crippen molar-refractivity contribution in [3.05, 3.63) is 59.9 Å². The lowest BCUT2D eigenvalue weighted by Gasteiger charge is -2.07. The van der Waals surface area contributed by atoms with Gasteiger partial charge in [0.05, 0.1) is 5.69 Å². The Labute approximate surface area is 149 Å². The third kappa shape index (κ3) is 2.70. The molecular formula is C22H22N2O. The number of fused-ring (bicyclic) bond motifs is 3. The normalized spacial score (nSPS) is 12.9. The van der Waals surface area contributed by atoms with Gasteiger partial charge in [0, 0.05) is 29.6 Å². The maximum absolute atomic E-state index is 8.21. The van der Waals surface area contributed by atoms with Gasteiger partial charge in [-0.15, -0.1) is 0 Å². The lowest BCUT2D eigenvalue weighted by molar-refractivity contribution is 0.648. The largest absolute Gasteiger partial charge is 0.437 e. The van der Waals surface area contributed by atoms with Crippen LogP contribution in [0, 0.1) is 0 Å². The van der Waals surface area contributed by atoms with E-state index in [1.165, 1.54) is 5.56 Å². The molecule has 0 aliphatic carbocycles. The summed E-state index contributed by atoms with van der Waals surface area (Å²) in [5.74, 6) is -0.321. The van der Waals surface area contributed by atoms with Gasteiger partial charge in [-0.2, -0.15) is 0 Å². The van der Waals surface area contributed by atoms with Gasteiger partial charge < -0.3 is 4.42 Å². The van der Waals surface area contributed by atoms with Crippen LogP contribution in [-0.2, 0) is 0 Å².